The van der Waals surface area contributed by atoms with Crippen molar-refractivity contribution in [3.05, 3.63) is 116 Å². The minimum Gasteiger partial charge on any atom is -0.486 e. The summed E-state index contributed by atoms with van der Waals surface area (Å²) in [6, 6.07) is 15.8. The molecule has 2 atom stereocenters. The normalized spacial score (nSPS) is 15.7. The smallest absolute Gasteiger partial charge is 0.341 e. The van der Waals surface area contributed by atoms with Crippen LogP contribution in [0.4, 0.5) is 17.6 Å². The van der Waals surface area contributed by atoms with Crippen molar-refractivity contribution in [2.24, 2.45) is 17.7 Å². The molecule has 2 unspecified atom stereocenters. The van der Waals surface area contributed by atoms with Gasteiger partial charge in [-0.2, -0.15) is 0 Å². The van der Waals surface area contributed by atoms with E-state index in [-0.39, 0.29) is 86.4 Å². The number of ketones is 1. The molecule has 65 heavy (non-hydrogen) atoms. The third kappa shape index (κ3) is 19.5. The number of rotatable bonds is 18. The SMILES string of the molecule is NN1CCC(CNC(=O)COc2ccc(Cl)c(F)c2)C1.O=C(CCC1CCN(NC(=O)COc2ccc(Cl)c(F)c2)C1)COc1ccc(Cl)c(F)c1.O=C(O)COc1ccc(Cl)c(F)c1. The Labute approximate surface area is 391 Å². The Kier molecular flexibility index (Phi) is 21.6. The first-order chi connectivity index (χ1) is 30.9. The Morgan fingerprint density at radius 2 is 1.05 bits per heavy atom. The lowest BCUT2D eigenvalue weighted by Gasteiger charge is -2.17. The Balaban J connectivity index is 0.000000238. The summed E-state index contributed by atoms with van der Waals surface area (Å²) in [5.41, 5.74) is 2.74. The number of carboxylic acids is 1. The Bertz CT molecular complexity index is 2250. The Morgan fingerprint density at radius 3 is 1.48 bits per heavy atom. The second-order valence-electron chi connectivity index (χ2n) is 14.5. The van der Waals surface area contributed by atoms with Crippen molar-refractivity contribution in [1.82, 2.24) is 20.8 Å². The van der Waals surface area contributed by atoms with E-state index < -0.39 is 35.8 Å². The standard InChI is InChI=1S/C22H22Cl2F2N2O4.C13H17ClFN3O2.C8H6ClFO3/c23-18-5-3-16(9-20(18)25)31-12-15(29)2-1-14-7-8-28(11-14)27-22(30)13-32-17-4-6-19(24)21(26)10-17;14-11-2-1-10(5-12(11)15)20-8-13(19)17-6-9-3-4-18(16)7-9;9-6-2-1-5(3-7(6)10)13-4-8(11)12/h3-6,9-10,14H,1-2,7-8,11-13H2,(H,27,30);1-2,5,9H,3-4,6-8,16H2,(H,17,19);1-3H,4H2,(H,11,12). The lowest BCUT2D eigenvalue weighted by atomic mass is 10.0. The first kappa shape index (κ1) is 52.5. The van der Waals surface area contributed by atoms with E-state index in [0.29, 0.717) is 38.4 Å². The molecule has 2 heterocycles. The fourth-order valence-electron chi connectivity index (χ4n) is 6.03. The Hall–Kier alpha value is -5.08. The topological polar surface area (TPSA) is 182 Å². The number of nitrogens with zero attached hydrogens (tertiary/aromatic N) is 2. The lowest BCUT2D eigenvalue weighted by molar-refractivity contribution is -0.139. The molecule has 5 N–H and O–H groups in total. The summed E-state index contributed by atoms with van der Waals surface area (Å²) in [6.07, 6.45) is 2.79. The molecule has 2 amide bonds. The van der Waals surface area contributed by atoms with Gasteiger partial charge in [0.25, 0.3) is 11.8 Å². The van der Waals surface area contributed by atoms with Crippen molar-refractivity contribution in [3.63, 3.8) is 0 Å². The van der Waals surface area contributed by atoms with E-state index in [4.69, 9.17) is 76.3 Å². The predicted molar refractivity (Wildman–Crippen MR) is 234 cm³/mol. The second-order valence-corrected chi connectivity index (χ2v) is 16.1. The fraction of sp³-hybridized carbons (Fsp3) is 0.349. The van der Waals surface area contributed by atoms with Gasteiger partial charge in [0.05, 0.1) is 20.1 Å². The van der Waals surface area contributed by atoms with Gasteiger partial charge in [-0.15, -0.1) is 0 Å². The van der Waals surface area contributed by atoms with Crippen molar-refractivity contribution in [2.45, 2.75) is 25.7 Å². The van der Waals surface area contributed by atoms with Crippen molar-refractivity contribution < 1.29 is 60.8 Å². The fourth-order valence-corrected chi connectivity index (χ4v) is 6.50. The van der Waals surface area contributed by atoms with E-state index in [1.807, 2.05) is 0 Å². The molecule has 2 aliphatic heterocycles. The van der Waals surface area contributed by atoms with Crippen LogP contribution in [-0.2, 0) is 19.2 Å². The quantitative estimate of drug-likeness (QED) is 0.0569. The number of hydrogen-bond donors (Lipinski definition) is 4. The zero-order chi connectivity index (χ0) is 47.5. The van der Waals surface area contributed by atoms with E-state index in [1.54, 1.807) is 10.0 Å². The van der Waals surface area contributed by atoms with Crippen molar-refractivity contribution in [1.29, 1.82) is 0 Å². The number of hydrogen-bond acceptors (Lipinski definition) is 11. The van der Waals surface area contributed by atoms with Gasteiger partial charge < -0.3 is 29.4 Å². The number of carbonyl (C=O) groups is 4. The summed E-state index contributed by atoms with van der Waals surface area (Å²) in [4.78, 5) is 45.8. The zero-order valence-corrected chi connectivity index (χ0v) is 37.5. The number of nitrogens with two attached hydrogens (primary N) is 1. The molecule has 22 heteroatoms. The van der Waals surface area contributed by atoms with Gasteiger partial charge in [-0.25, -0.2) is 32.4 Å². The number of benzene rings is 4. The number of hydrazine groups is 2. The Morgan fingerprint density at radius 1 is 0.615 bits per heavy atom. The van der Waals surface area contributed by atoms with Gasteiger partial charge in [0.15, 0.2) is 25.6 Å². The average Bonchev–Trinajstić information content (AvgIpc) is 3.92. The molecule has 0 spiro atoms. The first-order valence-corrected chi connectivity index (χ1v) is 21.3. The number of nitrogens with one attached hydrogen (secondary N) is 2. The third-order valence-corrected chi connectivity index (χ3v) is 10.6. The van der Waals surface area contributed by atoms with Gasteiger partial charge in [-0.1, -0.05) is 46.4 Å². The zero-order valence-electron chi connectivity index (χ0n) is 34.5. The van der Waals surface area contributed by atoms with Crippen LogP contribution in [0.5, 0.6) is 23.0 Å². The van der Waals surface area contributed by atoms with Crippen LogP contribution in [0.2, 0.25) is 20.1 Å². The maximum atomic E-state index is 13.4. The monoisotopic (exact) mass is 991 g/mol. The molecule has 4 aromatic carbocycles. The average molecular weight is 994 g/mol. The molecule has 0 radical (unpaired) electrons. The van der Waals surface area contributed by atoms with Crippen LogP contribution in [0, 0.1) is 35.1 Å². The van der Waals surface area contributed by atoms with Crippen LogP contribution in [0.1, 0.15) is 25.7 Å². The van der Waals surface area contributed by atoms with Gasteiger partial charge in [0, 0.05) is 63.4 Å². The van der Waals surface area contributed by atoms with Crippen LogP contribution < -0.4 is 35.5 Å². The number of Topliss-reactive ketones (excluding diaryl/α,β-unsaturated/α-hetero) is 1. The molecule has 0 aromatic heterocycles. The number of halogens is 8. The largest absolute Gasteiger partial charge is 0.486 e. The molecule has 0 aliphatic carbocycles. The molecule has 14 nitrogen and oxygen atoms in total. The van der Waals surface area contributed by atoms with Gasteiger partial charge in [-0.3, -0.25) is 25.7 Å². The number of amides is 2. The highest BCUT2D eigenvalue weighted by atomic mass is 35.5. The highest BCUT2D eigenvalue weighted by Gasteiger charge is 2.25. The van der Waals surface area contributed by atoms with Gasteiger partial charge >= 0.3 is 5.97 Å². The number of carbonyl (C=O) groups excluding carboxylic acids is 3. The molecule has 2 fully saturated rings. The van der Waals surface area contributed by atoms with E-state index in [2.05, 4.69) is 10.7 Å². The van der Waals surface area contributed by atoms with E-state index in [9.17, 15) is 36.7 Å². The molecule has 4 aromatic rings. The molecule has 2 saturated heterocycles. The number of carboxylic acid groups (broad SMARTS) is 1. The van der Waals surface area contributed by atoms with Gasteiger partial charge in [0.2, 0.25) is 0 Å². The summed E-state index contributed by atoms with van der Waals surface area (Å²) in [5, 5.41) is 14.5. The van der Waals surface area contributed by atoms with E-state index in [1.165, 1.54) is 48.5 Å². The molecular weight excluding hydrogens is 948 g/mol. The van der Waals surface area contributed by atoms with Crippen LogP contribution >= 0.6 is 46.4 Å². The van der Waals surface area contributed by atoms with Crippen LogP contribution in [0.25, 0.3) is 0 Å². The highest BCUT2D eigenvalue weighted by molar-refractivity contribution is 6.31. The maximum Gasteiger partial charge on any atom is 0.341 e. The molecule has 352 valence electrons. The third-order valence-electron chi connectivity index (χ3n) is 9.37. The van der Waals surface area contributed by atoms with E-state index >= 15 is 0 Å². The van der Waals surface area contributed by atoms with Crippen molar-refractivity contribution in [2.75, 3.05) is 59.2 Å². The van der Waals surface area contributed by atoms with Crippen LogP contribution in [0.3, 0.4) is 0 Å². The van der Waals surface area contributed by atoms with Crippen molar-refractivity contribution >= 4 is 70.0 Å². The van der Waals surface area contributed by atoms with Gasteiger partial charge in [0.1, 0.15) is 52.9 Å². The summed E-state index contributed by atoms with van der Waals surface area (Å²) in [6.45, 7) is 2.41. The summed E-state index contributed by atoms with van der Waals surface area (Å²) in [5.74, 6) is 2.91. The predicted octanol–water partition coefficient (Wildman–Crippen LogP) is 7.54. The second kappa shape index (κ2) is 26.8. The van der Waals surface area contributed by atoms with Crippen LogP contribution in [0.15, 0.2) is 72.8 Å². The first-order valence-electron chi connectivity index (χ1n) is 19.8. The molecule has 0 bridgehead atoms. The van der Waals surface area contributed by atoms with Gasteiger partial charge in [-0.05, 0) is 79.6 Å². The summed E-state index contributed by atoms with van der Waals surface area (Å²) in [7, 11) is 0. The number of ether oxygens (including phenoxy) is 4. The van der Waals surface area contributed by atoms with E-state index in [0.717, 1.165) is 50.2 Å². The minimum absolute atomic E-state index is 0.00741. The maximum absolute atomic E-state index is 13.4. The molecule has 0 saturated carbocycles. The molecule has 2 aliphatic rings. The highest BCUT2D eigenvalue weighted by Crippen LogP contribution is 2.24. The van der Waals surface area contributed by atoms with Crippen LogP contribution in [-0.4, -0.2) is 97.8 Å². The minimum atomic E-state index is -1.12. The summed E-state index contributed by atoms with van der Waals surface area (Å²) >= 11 is 22.2. The van der Waals surface area contributed by atoms with Crippen molar-refractivity contribution in [3.8, 4) is 23.0 Å². The molecule has 6 rings (SSSR count). The number of aliphatic carboxylic acids is 1. The summed E-state index contributed by atoms with van der Waals surface area (Å²) < 4.78 is 73.2. The molecular formula is C43H45Cl4F4N5O9. The lowest BCUT2D eigenvalue weighted by Crippen LogP contribution is -2.42.